The van der Waals surface area contributed by atoms with E-state index in [0.29, 0.717) is 6.42 Å². The Bertz CT molecular complexity index is 1190. The van der Waals surface area contributed by atoms with Gasteiger partial charge in [-0.3, -0.25) is 4.79 Å². The number of rotatable bonds is 36. The summed E-state index contributed by atoms with van der Waals surface area (Å²) in [6.45, 7) is 2.69. The fraction of sp³-hybridized carbons (Fsp3) is 0.854. The third-order valence-electron chi connectivity index (χ3n) is 11.8. The van der Waals surface area contributed by atoms with E-state index in [9.17, 15) is 45.6 Å². The Kier molecular flexibility index (Phi) is 32.2. The highest BCUT2D eigenvalue weighted by molar-refractivity contribution is 5.76. The molecule has 2 fully saturated rings. The molecule has 14 heteroatoms. The van der Waals surface area contributed by atoms with Gasteiger partial charge in [-0.15, -0.1) is 0 Å². The lowest BCUT2D eigenvalue weighted by molar-refractivity contribution is -0.359. The van der Waals surface area contributed by atoms with Crippen molar-refractivity contribution in [3.63, 3.8) is 0 Å². The Labute approximate surface area is 372 Å². The second kappa shape index (κ2) is 35.5. The molecule has 0 aromatic heterocycles. The molecule has 2 aliphatic rings. The van der Waals surface area contributed by atoms with E-state index in [-0.39, 0.29) is 18.9 Å². The Morgan fingerprint density at radius 1 is 0.581 bits per heavy atom. The summed E-state index contributed by atoms with van der Waals surface area (Å²) >= 11 is 0. The maximum atomic E-state index is 13.1. The minimum Gasteiger partial charge on any atom is -0.394 e. The lowest BCUT2D eigenvalue weighted by Crippen LogP contribution is -2.65. The number of hydrogen-bond acceptors (Lipinski definition) is 13. The van der Waals surface area contributed by atoms with Crippen LogP contribution in [0, 0.1) is 0 Å². The summed E-state index contributed by atoms with van der Waals surface area (Å²) in [5, 5.41) is 86.3. The van der Waals surface area contributed by atoms with Gasteiger partial charge in [0.25, 0.3) is 0 Å². The molecule has 14 nitrogen and oxygen atoms in total. The fourth-order valence-corrected chi connectivity index (χ4v) is 7.79. The standard InChI is InChI=1S/C48H87NO13/c1-3-5-7-9-11-12-13-14-15-16-17-18-19-20-21-22-23-24-26-28-30-32-40(53)49-36(37(52)31-29-27-25-10-8-6-4-2)35-59-47-45(58)43(56)46(39(34-51)61-47)62-48-44(57)42(55)41(54)38(33-50)60-48/h13-14,16-17,29,31,36-39,41-48,50-52,54-58H,3-12,15,18-28,30,32-35H2,1-2H3,(H,49,53)/b14-13-,17-16-,31-29+. The molecule has 9 N–H and O–H groups in total. The molecule has 0 saturated carbocycles. The van der Waals surface area contributed by atoms with Crippen molar-refractivity contribution in [2.75, 3.05) is 19.8 Å². The number of nitrogens with one attached hydrogen (secondary N) is 1. The molecule has 0 radical (unpaired) electrons. The van der Waals surface area contributed by atoms with Gasteiger partial charge in [0.2, 0.25) is 5.91 Å². The van der Waals surface area contributed by atoms with E-state index in [0.717, 1.165) is 64.2 Å². The molecule has 2 heterocycles. The first kappa shape index (κ1) is 56.3. The number of allylic oxidation sites excluding steroid dienone is 5. The Morgan fingerprint density at radius 2 is 1.06 bits per heavy atom. The van der Waals surface area contributed by atoms with Gasteiger partial charge in [-0.2, -0.15) is 0 Å². The highest BCUT2D eigenvalue weighted by Gasteiger charge is 2.51. The van der Waals surface area contributed by atoms with Gasteiger partial charge in [-0.25, -0.2) is 0 Å². The van der Waals surface area contributed by atoms with Gasteiger partial charge in [0.05, 0.1) is 32.0 Å². The van der Waals surface area contributed by atoms with Crippen LogP contribution in [0.1, 0.15) is 168 Å². The summed E-state index contributed by atoms with van der Waals surface area (Å²) in [6.07, 6.45) is 22.2. The minimum atomic E-state index is -1.79. The summed E-state index contributed by atoms with van der Waals surface area (Å²) in [6, 6.07) is -0.912. The van der Waals surface area contributed by atoms with Crippen molar-refractivity contribution in [1.82, 2.24) is 5.32 Å². The van der Waals surface area contributed by atoms with Gasteiger partial charge < -0.3 is 65.1 Å². The van der Waals surface area contributed by atoms with Crippen LogP contribution in [-0.4, -0.2) is 140 Å². The SMILES string of the molecule is CCCCCCC/C=C\C/C=C\CCCCCCCCCCCC(=O)NC(COC1OC(CO)C(OC2OC(CO)C(O)C(O)C2O)C(O)C1O)C(O)/C=C/CCCCCCC. The van der Waals surface area contributed by atoms with E-state index in [2.05, 4.69) is 43.5 Å². The zero-order valence-corrected chi connectivity index (χ0v) is 38.1. The quantitative estimate of drug-likeness (QED) is 0.0279. The Morgan fingerprint density at radius 3 is 1.61 bits per heavy atom. The molecule has 0 aromatic rings. The summed E-state index contributed by atoms with van der Waals surface area (Å²) in [5.74, 6) is -0.250. The molecule has 2 aliphatic heterocycles. The molecule has 362 valence electrons. The number of ether oxygens (including phenoxy) is 4. The summed E-state index contributed by atoms with van der Waals surface area (Å²) < 4.78 is 22.6. The van der Waals surface area contributed by atoms with E-state index in [1.54, 1.807) is 6.08 Å². The summed E-state index contributed by atoms with van der Waals surface area (Å²) in [5.41, 5.74) is 0. The maximum Gasteiger partial charge on any atom is 0.220 e. The number of unbranched alkanes of at least 4 members (excludes halogenated alkanes) is 19. The van der Waals surface area contributed by atoms with Crippen molar-refractivity contribution >= 4 is 5.91 Å². The topological polar surface area (TPSA) is 228 Å². The highest BCUT2D eigenvalue weighted by atomic mass is 16.7. The number of hydrogen-bond donors (Lipinski definition) is 9. The van der Waals surface area contributed by atoms with Crippen molar-refractivity contribution in [3.05, 3.63) is 36.5 Å². The number of aliphatic hydroxyl groups excluding tert-OH is 8. The van der Waals surface area contributed by atoms with Gasteiger partial charge in [-0.1, -0.05) is 147 Å². The van der Waals surface area contributed by atoms with Crippen LogP contribution in [-0.2, 0) is 23.7 Å². The first-order valence-corrected chi connectivity index (χ1v) is 24.2. The summed E-state index contributed by atoms with van der Waals surface area (Å²) in [4.78, 5) is 13.1. The first-order chi connectivity index (χ1) is 30.1. The molecular weight excluding hydrogens is 799 g/mol. The van der Waals surface area contributed by atoms with Crippen molar-refractivity contribution in [1.29, 1.82) is 0 Å². The van der Waals surface area contributed by atoms with Crippen molar-refractivity contribution in [2.24, 2.45) is 0 Å². The summed E-state index contributed by atoms with van der Waals surface area (Å²) in [7, 11) is 0. The number of amides is 1. The lowest BCUT2D eigenvalue weighted by atomic mass is 9.97. The largest absolute Gasteiger partial charge is 0.394 e. The molecule has 2 saturated heterocycles. The molecule has 0 spiro atoms. The third kappa shape index (κ3) is 22.9. The van der Waals surface area contributed by atoms with E-state index in [1.807, 2.05) is 6.08 Å². The molecule has 1 amide bonds. The van der Waals surface area contributed by atoms with E-state index in [4.69, 9.17) is 18.9 Å². The van der Waals surface area contributed by atoms with Crippen LogP contribution in [0.2, 0.25) is 0 Å². The Balaban J connectivity index is 1.77. The minimum absolute atomic E-state index is 0.250. The molecule has 2 rings (SSSR count). The lowest BCUT2D eigenvalue weighted by Gasteiger charge is -2.46. The van der Waals surface area contributed by atoms with Crippen LogP contribution in [0.25, 0.3) is 0 Å². The zero-order valence-electron chi connectivity index (χ0n) is 38.1. The van der Waals surface area contributed by atoms with E-state index in [1.165, 1.54) is 77.0 Å². The molecule has 12 unspecified atom stereocenters. The van der Waals surface area contributed by atoms with Crippen molar-refractivity contribution in [2.45, 2.75) is 242 Å². The van der Waals surface area contributed by atoms with Gasteiger partial charge in [-0.05, 0) is 51.4 Å². The van der Waals surface area contributed by atoms with Gasteiger partial charge in [0.1, 0.15) is 48.8 Å². The van der Waals surface area contributed by atoms with Crippen LogP contribution < -0.4 is 5.32 Å². The van der Waals surface area contributed by atoms with Crippen LogP contribution >= 0.6 is 0 Å². The molecular formula is C48H87NO13. The number of carbonyl (C=O) groups is 1. The molecule has 12 atom stereocenters. The van der Waals surface area contributed by atoms with Gasteiger partial charge >= 0.3 is 0 Å². The van der Waals surface area contributed by atoms with Crippen molar-refractivity contribution < 1.29 is 64.6 Å². The number of aliphatic hydroxyl groups is 8. The second-order valence-corrected chi connectivity index (χ2v) is 17.2. The maximum absolute atomic E-state index is 13.1. The van der Waals surface area contributed by atoms with Crippen LogP contribution in [0.4, 0.5) is 0 Å². The third-order valence-corrected chi connectivity index (χ3v) is 11.8. The Hall–Kier alpha value is -1.79. The van der Waals surface area contributed by atoms with Gasteiger partial charge in [0, 0.05) is 6.42 Å². The average molecular weight is 886 g/mol. The van der Waals surface area contributed by atoms with Gasteiger partial charge in [0.15, 0.2) is 12.6 Å². The average Bonchev–Trinajstić information content (AvgIpc) is 3.27. The highest BCUT2D eigenvalue weighted by Crippen LogP contribution is 2.30. The predicted molar refractivity (Wildman–Crippen MR) is 240 cm³/mol. The van der Waals surface area contributed by atoms with E-state index >= 15 is 0 Å². The zero-order chi connectivity index (χ0) is 45.4. The monoisotopic (exact) mass is 886 g/mol. The van der Waals surface area contributed by atoms with Crippen LogP contribution in [0.3, 0.4) is 0 Å². The molecule has 0 aliphatic carbocycles. The molecule has 0 aromatic carbocycles. The second-order valence-electron chi connectivity index (χ2n) is 17.2. The predicted octanol–water partition coefficient (Wildman–Crippen LogP) is 5.54. The molecule has 62 heavy (non-hydrogen) atoms. The van der Waals surface area contributed by atoms with E-state index < -0.39 is 86.8 Å². The first-order valence-electron chi connectivity index (χ1n) is 24.2. The smallest absolute Gasteiger partial charge is 0.220 e. The normalized spacial score (nSPS) is 28.0. The van der Waals surface area contributed by atoms with Crippen LogP contribution in [0.15, 0.2) is 36.5 Å². The molecule has 0 bridgehead atoms. The fourth-order valence-electron chi connectivity index (χ4n) is 7.79. The van der Waals surface area contributed by atoms with Crippen LogP contribution in [0.5, 0.6) is 0 Å². The number of carbonyl (C=O) groups excluding carboxylic acids is 1. The van der Waals surface area contributed by atoms with Crippen molar-refractivity contribution in [3.8, 4) is 0 Å².